The SMILES string of the molecule is C=C(CN1CCOCC1)C(=O)N[C@@H]1CCCN(Cc2ccnc(C(=O)Nc3ccc(-c4cc5c(N6[C@@H]7CC[C@H]6COC7)ncnc5[nH]4)cc3)c2)C1.O=C(O)C(F)(F)F. The van der Waals surface area contributed by atoms with E-state index in [0.29, 0.717) is 55.3 Å². The van der Waals surface area contributed by atoms with Crippen LogP contribution in [0.3, 0.4) is 0 Å². The van der Waals surface area contributed by atoms with E-state index in [4.69, 9.17) is 19.4 Å². The molecule has 0 saturated carbocycles. The molecule has 4 N–H and O–H groups in total. The number of aromatic nitrogens is 4. The summed E-state index contributed by atoms with van der Waals surface area (Å²) in [6.07, 6.45) is 2.38. The van der Waals surface area contributed by atoms with Crippen LogP contribution in [0.15, 0.2) is 67.1 Å². The summed E-state index contributed by atoms with van der Waals surface area (Å²) >= 11 is 0. The Kier molecular flexibility index (Phi) is 12.7. The third kappa shape index (κ3) is 9.98. The number of morpholine rings is 2. The predicted octanol–water partition coefficient (Wildman–Crippen LogP) is 4.24. The highest BCUT2D eigenvalue weighted by molar-refractivity contribution is 6.03. The number of carboxylic acid groups (broad SMARTS) is 1. The number of carbonyl (C=O) groups excluding carboxylic acids is 2. The lowest BCUT2D eigenvalue weighted by molar-refractivity contribution is -0.192. The van der Waals surface area contributed by atoms with Crippen LogP contribution in [-0.4, -0.2) is 136 Å². The Morgan fingerprint density at radius 1 is 0.931 bits per heavy atom. The number of hydrogen-bond donors (Lipinski definition) is 4. The highest BCUT2D eigenvalue weighted by Gasteiger charge is 2.39. The number of halogens is 3. The number of nitrogens with one attached hydrogen (secondary N) is 3. The van der Waals surface area contributed by atoms with Gasteiger partial charge in [-0.3, -0.25) is 24.4 Å². The highest BCUT2D eigenvalue weighted by atomic mass is 19.4. The van der Waals surface area contributed by atoms with Crippen molar-refractivity contribution in [1.29, 1.82) is 0 Å². The number of alkyl halides is 3. The van der Waals surface area contributed by atoms with Crippen LogP contribution in [0.25, 0.3) is 22.3 Å². The quantitative estimate of drug-likeness (QED) is 0.168. The number of carbonyl (C=O) groups is 3. The smallest absolute Gasteiger partial charge is 0.475 e. The lowest BCUT2D eigenvalue weighted by Crippen LogP contribution is -2.48. The molecule has 2 amide bonds. The van der Waals surface area contributed by atoms with E-state index in [1.54, 1.807) is 12.5 Å². The number of piperidine rings is 1. The normalized spacial score (nSPS) is 21.2. The van der Waals surface area contributed by atoms with Crippen molar-refractivity contribution in [3.05, 3.63) is 78.4 Å². The fraction of sp³-hybridized carbons (Fsp3) is 0.450. The molecule has 2 bridgehead atoms. The first-order valence-electron chi connectivity index (χ1n) is 19.3. The molecule has 3 aromatic heterocycles. The van der Waals surface area contributed by atoms with E-state index >= 15 is 0 Å². The van der Waals surface area contributed by atoms with E-state index in [0.717, 1.165) is 98.7 Å². The number of likely N-dealkylation sites (tertiary alicyclic amines) is 1. The molecule has 4 aromatic rings. The molecule has 0 radical (unpaired) electrons. The van der Waals surface area contributed by atoms with Gasteiger partial charge in [0.25, 0.3) is 5.91 Å². The second kappa shape index (κ2) is 18.0. The molecule has 8 rings (SSSR count). The first-order chi connectivity index (χ1) is 27.9. The summed E-state index contributed by atoms with van der Waals surface area (Å²) in [6, 6.07) is 14.4. The number of amides is 2. The highest BCUT2D eigenvalue weighted by Crippen LogP contribution is 2.37. The monoisotopic (exact) mass is 805 g/mol. The van der Waals surface area contributed by atoms with Crippen LogP contribution in [0, 0.1) is 0 Å². The number of hydrogen-bond acceptors (Lipinski definition) is 11. The van der Waals surface area contributed by atoms with Gasteiger partial charge in [-0.1, -0.05) is 18.7 Å². The first-order valence-corrected chi connectivity index (χ1v) is 19.3. The Hall–Kier alpha value is -5.43. The molecule has 4 saturated heterocycles. The molecular formula is C40H46F3N9O6. The zero-order valence-corrected chi connectivity index (χ0v) is 31.8. The second-order valence-corrected chi connectivity index (χ2v) is 14.9. The molecule has 15 nitrogen and oxygen atoms in total. The van der Waals surface area contributed by atoms with Gasteiger partial charge < -0.3 is 35.1 Å². The largest absolute Gasteiger partial charge is 0.490 e. The summed E-state index contributed by atoms with van der Waals surface area (Å²) in [5, 5.41) is 14.3. The number of pyridine rings is 1. The van der Waals surface area contributed by atoms with Crippen molar-refractivity contribution >= 4 is 40.3 Å². The maximum Gasteiger partial charge on any atom is 0.490 e. The van der Waals surface area contributed by atoms with Crippen molar-refractivity contribution in [3.63, 3.8) is 0 Å². The van der Waals surface area contributed by atoms with Gasteiger partial charge in [0.15, 0.2) is 0 Å². The van der Waals surface area contributed by atoms with Crippen molar-refractivity contribution in [2.45, 2.75) is 56.5 Å². The summed E-state index contributed by atoms with van der Waals surface area (Å²) in [6.45, 7) is 11.4. The molecule has 3 atom stereocenters. The van der Waals surface area contributed by atoms with Crippen LogP contribution in [0.1, 0.15) is 41.7 Å². The number of carboxylic acids is 1. The molecular weight excluding hydrogens is 759 g/mol. The van der Waals surface area contributed by atoms with Gasteiger partial charge in [0, 0.05) is 61.9 Å². The standard InChI is InChI=1S/C38H45N9O4.C2HF3O2/c1-25(19-45-13-15-50-16-14-45)37(48)43-29-3-2-12-46(21-29)20-26-10-11-39-34(17-26)38(49)42-28-6-4-27(5-7-28)33-18-32-35(44-33)40-24-41-36(32)47-30-8-9-31(47)23-51-22-30;3-2(4,5)1(6)7/h4-7,10-11,17-18,24,29-31H,1-3,8-9,12-16,19-23H2,(H,42,49)(H,43,48)(H,40,41,44);(H,6,7)/t29-,30-,31+;/m1./s1. The molecule has 4 fully saturated rings. The van der Waals surface area contributed by atoms with Crippen LogP contribution < -0.4 is 15.5 Å². The van der Waals surface area contributed by atoms with Gasteiger partial charge in [-0.05, 0) is 73.7 Å². The Balaban J connectivity index is 0.000000672. The van der Waals surface area contributed by atoms with Crippen LogP contribution in [-0.2, 0) is 25.6 Å². The molecule has 0 aliphatic carbocycles. The fourth-order valence-electron chi connectivity index (χ4n) is 7.85. The predicted molar refractivity (Wildman–Crippen MR) is 208 cm³/mol. The summed E-state index contributed by atoms with van der Waals surface area (Å²) in [5.74, 6) is -2.14. The minimum absolute atomic E-state index is 0.0551. The molecule has 18 heteroatoms. The lowest BCUT2D eigenvalue weighted by Gasteiger charge is -2.35. The van der Waals surface area contributed by atoms with Gasteiger partial charge in [-0.15, -0.1) is 0 Å². The second-order valence-electron chi connectivity index (χ2n) is 14.9. The van der Waals surface area contributed by atoms with Crippen molar-refractivity contribution in [3.8, 4) is 11.3 Å². The topological polar surface area (TPSA) is 178 Å². The van der Waals surface area contributed by atoms with E-state index in [1.807, 2.05) is 36.4 Å². The Labute approximate surface area is 332 Å². The summed E-state index contributed by atoms with van der Waals surface area (Å²) in [7, 11) is 0. The molecule has 0 spiro atoms. The van der Waals surface area contributed by atoms with E-state index in [2.05, 4.69) is 57.9 Å². The summed E-state index contributed by atoms with van der Waals surface area (Å²) in [4.78, 5) is 59.0. The summed E-state index contributed by atoms with van der Waals surface area (Å²) < 4.78 is 42.9. The molecule has 0 unspecified atom stereocenters. The van der Waals surface area contributed by atoms with Gasteiger partial charge in [0.05, 0.1) is 43.9 Å². The average molecular weight is 806 g/mol. The zero-order chi connectivity index (χ0) is 40.8. The molecule has 4 aliphatic rings. The van der Waals surface area contributed by atoms with E-state index < -0.39 is 12.1 Å². The number of aromatic amines is 1. The third-order valence-electron chi connectivity index (χ3n) is 10.7. The molecule has 4 aliphatic heterocycles. The third-order valence-corrected chi connectivity index (χ3v) is 10.7. The van der Waals surface area contributed by atoms with Crippen LogP contribution in [0.5, 0.6) is 0 Å². The Morgan fingerprint density at radius 2 is 1.66 bits per heavy atom. The molecule has 308 valence electrons. The average Bonchev–Trinajstić information content (AvgIpc) is 3.75. The zero-order valence-electron chi connectivity index (χ0n) is 31.8. The number of nitrogens with zero attached hydrogens (tertiary/aromatic N) is 6. The number of H-pyrrole nitrogens is 1. The number of anilines is 2. The number of ether oxygens (including phenoxy) is 2. The van der Waals surface area contributed by atoms with E-state index in [-0.39, 0.29) is 17.9 Å². The van der Waals surface area contributed by atoms with Gasteiger partial charge in [0.2, 0.25) is 5.91 Å². The van der Waals surface area contributed by atoms with Crippen molar-refractivity contribution in [1.82, 2.24) is 35.1 Å². The fourth-order valence-corrected chi connectivity index (χ4v) is 7.85. The minimum Gasteiger partial charge on any atom is -0.475 e. The van der Waals surface area contributed by atoms with Gasteiger partial charge in [-0.2, -0.15) is 13.2 Å². The van der Waals surface area contributed by atoms with E-state index in [9.17, 15) is 22.8 Å². The minimum atomic E-state index is -5.08. The van der Waals surface area contributed by atoms with Gasteiger partial charge in [0.1, 0.15) is 23.5 Å². The maximum atomic E-state index is 13.3. The number of benzene rings is 1. The van der Waals surface area contributed by atoms with Crippen molar-refractivity contribution in [2.24, 2.45) is 0 Å². The molecule has 1 aromatic carbocycles. The molecule has 7 heterocycles. The van der Waals surface area contributed by atoms with Crippen LogP contribution >= 0.6 is 0 Å². The Morgan fingerprint density at radius 3 is 2.36 bits per heavy atom. The van der Waals surface area contributed by atoms with Crippen molar-refractivity contribution < 1.29 is 42.1 Å². The van der Waals surface area contributed by atoms with Gasteiger partial charge in [-0.25, -0.2) is 14.8 Å². The number of rotatable bonds is 10. The molecule has 58 heavy (non-hydrogen) atoms. The number of aliphatic carboxylic acids is 1. The van der Waals surface area contributed by atoms with Gasteiger partial charge >= 0.3 is 12.1 Å². The Bertz CT molecular complexity index is 2090. The van der Waals surface area contributed by atoms with Crippen LogP contribution in [0.4, 0.5) is 24.7 Å². The first kappa shape index (κ1) is 40.8. The lowest BCUT2D eigenvalue weighted by atomic mass is 10.0. The number of fused-ring (bicyclic) bond motifs is 3. The maximum absolute atomic E-state index is 13.3. The van der Waals surface area contributed by atoms with Crippen molar-refractivity contribution in [2.75, 3.05) is 69.4 Å². The van der Waals surface area contributed by atoms with E-state index in [1.165, 1.54) is 0 Å². The summed E-state index contributed by atoms with van der Waals surface area (Å²) in [5.41, 5.74) is 5.36. The van der Waals surface area contributed by atoms with Crippen LogP contribution in [0.2, 0.25) is 0 Å².